The van der Waals surface area contributed by atoms with Crippen LogP contribution in [-0.4, -0.2) is 53.7 Å². The Morgan fingerprint density at radius 2 is 1.90 bits per heavy atom. The predicted molar refractivity (Wildman–Crippen MR) is 81.3 cm³/mol. The summed E-state index contributed by atoms with van der Waals surface area (Å²) in [6, 6.07) is 9.38. The third-order valence-corrected chi connectivity index (χ3v) is 3.10. The minimum atomic E-state index is -0.148. The second kappa shape index (κ2) is 6.78. The Hall–Kier alpha value is -2.50. The predicted octanol–water partition coefficient (Wildman–Crippen LogP) is 1.25. The Morgan fingerprint density at radius 1 is 1.10 bits per heavy atom. The Kier molecular flexibility index (Phi) is 4.81. The number of aromatic nitrogens is 3. The van der Waals surface area contributed by atoms with E-state index in [1.807, 2.05) is 36.2 Å². The molecule has 21 heavy (non-hydrogen) atoms. The number of rotatable bonds is 5. The lowest BCUT2D eigenvalue weighted by Gasteiger charge is -2.17. The quantitative estimate of drug-likeness (QED) is 0.827. The van der Waals surface area contributed by atoms with Gasteiger partial charge < -0.3 is 9.80 Å². The highest BCUT2D eigenvalue weighted by Gasteiger charge is 2.11. The van der Waals surface area contributed by atoms with E-state index < -0.39 is 0 Å². The van der Waals surface area contributed by atoms with E-state index in [1.165, 1.54) is 4.90 Å². The molecule has 0 bridgehead atoms. The second-order valence-corrected chi connectivity index (χ2v) is 4.97. The van der Waals surface area contributed by atoms with Crippen LogP contribution in [0.15, 0.2) is 36.5 Å². The van der Waals surface area contributed by atoms with Gasteiger partial charge in [0.2, 0.25) is 0 Å². The smallest absolute Gasteiger partial charge is 0.273 e. The van der Waals surface area contributed by atoms with Crippen molar-refractivity contribution in [1.82, 2.24) is 20.1 Å². The SMILES string of the molecule is CN(C)C(=O)c1ccc(N(C)CCc2ccccn2)nn1. The van der Waals surface area contributed by atoms with E-state index in [4.69, 9.17) is 0 Å². The molecule has 0 saturated carbocycles. The van der Waals surface area contributed by atoms with Gasteiger partial charge in [0.25, 0.3) is 5.91 Å². The van der Waals surface area contributed by atoms with Crippen LogP contribution >= 0.6 is 0 Å². The molecular weight excluding hydrogens is 266 g/mol. The largest absolute Gasteiger partial charge is 0.358 e. The van der Waals surface area contributed by atoms with E-state index in [1.54, 1.807) is 26.4 Å². The highest BCUT2D eigenvalue weighted by Crippen LogP contribution is 2.09. The van der Waals surface area contributed by atoms with Gasteiger partial charge >= 0.3 is 0 Å². The van der Waals surface area contributed by atoms with Gasteiger partial charge in [-0.15, -0.1) is 10.2 Å². The molecule has 0 spiro atoms. The Morgan fingerprint density at radius 3 is 2.48 bits per heavy atom. The van der Waals surface area contributed by atoms with E-state index in [0.717, 1.165) is 24.5 Å². The molecule has 0 saturated heterocycles. The average molecular weight is 285 g/mol. The second-order valence-electron chi connectivity index (χ2n) is 4.97. The van der Waals surface area contributed by atoms with E-state index in [0.29, 0.717) is 5.69 Å². The molecule has 0 aliphatic rings. The van der Waals surface area contributed by atoms with E-state index in [2.05, 4.69) is 15.2 Å². The fourth-order valence-corrected chi connectivity index (χ4v) is 1.81. The molecule has 0 N–H and O–H groups in total. The number of pyridine rings is 1. The lowest BCUT2D eigenvalue weighted by Crippen LogP contribution is -2.25. The zero-order chi connectivity index (χ0) is 15.2. The molecule has 2 aromatic rings. The molecule has 2 heterocycles. The van der Waals surface area contributed by atoms with E-state index in [-0.39, 0.29) is 5.91 Å². The topological polar surface area (TPSA) is 62.2 Å². The highest BCUT2D eigenvalue weighted by atomic mass is 16.2. The Balaban J connectivity index is 1.97. The van der Waals surface area contributed by atoms with Crippen LogP contribution < -0.4 is 4.90 Å². The number of hydrogen-bond acceptors (Lipinski definition) is 5. The minimum Gasteiger partial charge on any atom is -0.358 e. The van der Waals surface area contributed by atoms with Gasteiger partial charge in [-0.25, -0.2) is 0 Å². The molecule has 0 fully saturated rings. The molecule has 0 aliphatic heterocycles. The van der Waals surface area contributed by atoms with Crippen molar-refractivity contribution in [1.29, 1.82) is 0 Å². The number of nitrogens with zero attached hydrogens (tertiary/aromatic N) is 5. The minimum absolute atomic E-state index is 0.148. The summed E-state index contributed by atoms with van der Waals surface area (Å²) in [5, 5.41) is 8.08. The van der Waals surface area contributed by atoms with Crippen LogP contribution in [0.1, 0.15) is 16.2 Å². The van der Waals surface area contributed by atoms with Crippen molar-refractivity contribution in [2.24, 2.45) is 0 Å². The molecule has 0 unspecified atom stereocenters. The first-order valence-electron chi connectivity index (χ1n) is 6.74. The van der Waals surface area contributed by atoms with Crippen LogP contribution in [0.2, 0.25) is 0 Å². The number of carbonyl (C=O) groups is 1. The lowest BCUT2D eigenvalue weighted by molar-refractivity contribution is 0.0821. The zero-order valence-electron chi connectivity index (χ0n) is 12.5. The normalized spacial score (nSPS) is 10.2. The van der Waals surface area contributed by atoms with Crippen molar-refractivity contribution in [2.75, 3.05) is 32.6 Å². The first-order valence-corrected chi connectivity index (χ1v) is 6.74. The van der Waals surface area contributed by atoms with Gasteiger partial charge in [-0.05, 0) is 24.3 Å². The van der Waals surface area contributed by atoms with Crippen LogP contribution in [0.4, 0.5) is 5.82 Å². The first kappa shape index (κ1) is 14.9. The number of anilines is 1. The summed E-state index contributed by atoms with van der Waals surface area (Å²) < 4.78 is 0. The van der Waals surface area contributed by atoms with Crippen LogP contribution in [0, 0.1) is 0 Å². The maximum Gasteiger partial charge on any atom is 0.273 e. The van der Waals surface area contributed by atoms with E-state index in [9.17, 15) is 4.79 Å². The number of likely N-dealkylation sites (N-methyl/N-ethyl adjacent to an activating group) is 1. The molecule has 0 atom stereocenters. The Labute approximate surface area is 124 Å². The average Bonchev–Trinajstić information content (AvgIpc) is 2.53. The number of carbonyl (C=O) groups excluding carboxylic acids is 1. The van der Waals surface area contributed by atoms with Gasteiger partial charge in [0, 0.05) is 46.0 Å². The fourth-order valence-electron chi connectivity index (χ4n) is 1.81. The summed E-state index contributed by atoms with van der Waals surface area (Å²) in [6.45, 7) is 0.784. The van der Waals surface area contributed by atoms with Crippen molar-refractivity contribution in [3.8, 4) is 0 Å². The van der Waals surface area contributed by atoms with Crippen LogP contribution in [-0.2, 0) is 6.42 Å². The highest BCUT2D eigenvalue weighted by molar-refractivity contribution is 5.91. The van der Waals surface area contributed by atoms with Gasteiger partial charge in [0.1, 0.15) is 0 Å². The van der Waals surface area contributed by atoms with Gasteiger partial charge in [-0.2, -0.15) is 0 Å². The van der Waals surface area contributed by atoms with Crippen molar-refractivity contribution in [3.63, 3.8) is 0 Å². The van der Waals surface area contributed by atoms with Crippen LogP contribution in [0.3, 0.4) is 0 Å². The monoisotopic (exact) mass is 285 g/mol. The van der Waals surface area contributed by atoms with Crippen molar-refractivity contribution in [2.45, 2.75) is 6.42 Å². The van der Waals surface area contributed by atoms with Gasteiger partial charge in [0.15, 0.2) is 11.5 Å². The zero-order valence-corrected chi connectivity index (χ0v) is 12.5. The van der Waals surface area contributed by atoms with Crippen LogP contribution in [0.25, 0.3) is 0 Å². The van der Waals surface area contributed by atoms with Gasteiger partial charge in [-0.3, -0.25) is 9.78 Å². The molecule has 6 nitrogen and oxygen atoms in total. The Bertz CT molecular complexity index is 583. The van der Waals surface area contributed by atoms with Gasteiger partial charge in [0.05, 0.1) is 0 Å². The third kappa shape index (κ3) is 3.98. The molecule has 110 valence electrons. The van der Waals surface area contributed by atoms with Crippen molar-refractivity contribution < 1.29 is 4.79 Å². The van der Waals surface area contributed by atoms with Crippen LogP contribution in [0.5, 0.6) is 0 Å². The maximum atomic E-state index is 11.7. The molecule has 0 radical (unpaired) electrons. The standard InChI is InChI=1S/C15H19N5O/c1-19(2)15(21)13-7-8-14(18-17-13)20(3)11-9-12-6-4-5-10-16-12/h4-8,10H,9,11H2,1-3H3. The van der Waals surface area contributed by atoms with Crippen molar-refractivity contribution >= 4 is 11.7 Å². The summed E-state index contributed by atoms with van der Waals surface area (Å²) in [4.78, 5) is 19.5. The summed E-state index contributed by atoms with van der Waals surface area (Å²) in [5.41, 5.74) is 1.39. The first-order chi connectivity index (χ1) is 10.1. The molecule has 2 rings (SSSR count). The molecular formula is C15H19N5O. The third-order valence-electron chi connectivity index (χ3n) is 3.10. The van der Waals surface area contributed by atoms with Gasteiger partial charge in [-0.1, -0.05) is 6.07 Å². The lowest BCUT2D eigenvalue weighted by atomic mass is 10.2. The molecule has 6 heteroatoms. The molecule has 0 aromatic carbocycles. The number of amides is 1. The summed E-state index contributed by atoms with van der Waals surface area (Å²) >= 11 is 0. The maximum absolute atomic E-state index is 11.7. The molecule has 2 aromatic heterocycles. The summed E-state index contributed by atoms with van der Waals surface area (Å²) in [7, 11) is 5.33. The number of hydrogen-bond donors (Lipinski definition) is 0. The molecule has 1 amide bonds. The fraction of sp³-hybridized carbons (Fsp3) is 0.333. The summed E-state index contributed by atoms with van der Waals surface area (Å²) in [5.74, 6) is 0.589. The van der Waals surface area contributed by atoms with E-state index >= 15 is 0 Å². The van der Waals surface area contributed by atoms with Crippen molar-refractivity contribution in [3.05, 3.63) is 47.9 Å². The summed E-state index contributed by atoms with van der Waals surface area (Å²) in [6.07, 6.45) is 2.62. The molecule has 0 aliphatic carbocycles.